The topological polar surface area (TPSA) is 38.9 Å². The first-order chi connectivity index (χ1) is 7.33. The van der Waals surface area contributed by atoms with Crippen LogP contribution >= 0.6 is 11.6 Å². The minimum atomic E-state index is 0.379. The number of nitrogens with two attached hydrogens (primary N) is 1. The Morgan fingerprint density at radius 1 is 1.13 bits per heavy atom. The molecule has 0 atom stereocenters. The van der Waals surface area contributed by atoms with E-state index in [1.54, 1.807) is 12.3 Å². The Hall–Kier alpha value is -1.54. The molecule has 1 heterocycles. The molecule has 0 radical (unpaired) electrons. The number of alkyl halides is 1. The Kier molecular flexibility index (Phi) is 2.88. The molecule has 1 aromatic heterocycles. The highest BCUT2D eigenvalue weighted by molar-refractivity contribution is 6.17. The van der Waals surface area contributed by atoms with E-state index in [2.05, 4.69) is 4.98 Å². The van der Waals surface area contributed by atoms with Crippen LogP contribution in [0.3, 0.4) is 0 Å². The van der Waals surface area contributed by atoms with Crippen molar-refractivity contribution in [1.29, 1.82) is 0 Å². The standard InChI is InChI=1S/C12H11ClN2/c13-8-10-11(14)6-7-15-12(10)9-4-2-1-3-5-9/h1-7H,8H2,(H2,14,15). The van der Waals surface area contributed by atoms with Crippen molar-refractivity contribution in [2.45, 2.75) is 5.88 Å². The van der Waals surface area contributed by atoms with Gasteiger partial charge in [0.15, 0.2) is 0 Å². The molecule has 2 aromatic rings. The lowest BCUT2D eigenvalue weighted by molar-refractivity contribution is 1.25. The largest absolute Gasteiger partial charge is 0.398 e. The summed E-state index contributed by atoms with van der Waals surface area (Å²) in [7, 11) is 0. The molecular formula is C12H11ClN2. The summed E-state index contributed by atoms with van der Waals surface area (Å²) in [6.45, 7) is 0. The van der Waals surface area contributed by atoms with Gasteiger partial charge in [0.2, 0.25) is 0 Å². The van der Waals surface area contributed by atoms with Crippen molar-refractivity contribution >= 4 is 17.3 Å². The van der Waals surface area contributed by atoms with E-state index < -0.39 is 0 Å². The number of anilines is 1. The van der Waals surface area contributed by atoms with Gasteiger partial charge in [0.05, 0.1) is 11.6 Å². The number of rotatable bonds is 2. The van der Waals surface area contributed by atoms with Crippen LogP contribution in [0.4, 0.5) is 5.69 Å². The van der Waals surface area contributed by atoms with E-state index in [4.69, 9.17) is 17.3 Å². The smallest absolute Gasteiger partial charge is 0.0766 e. The van der Waals surface area contributed by atoms with Crippen molar-refractivity contribution in [2.24, 2.45) is 0 Å². The molecule has 0 unspecified atom stereocenters. The quantitative estimate of drug-likeness (QED) is 0.787. The van der Waals surface area contributed by atoms with Crippen LogP contribution < -0.4 is 5.73 Å². The Morgan fingerprint density at radius 2 is 1.87 bits per heavy atom. The second-order valence-corrected chi connectivity index (χ2v) is 3.49. The van der Waals surface area contributed by atoms with Crippen molar-refractivity contribution in [1.82, 2.24) is 4.98 Å². The molecule has 0 aliphatic rings. The van der Waals surface area contributed by atoms with E-state index in [-0.39, 0.29) is 0 Å². The van der Waals surface area contributed by atoms with Crippen molar-refractivity contribution in [3.05, 3.63) is 48.2 Å². The highest BCUT2D eigenvalue weighted by atomic mass is 35.5. The first-order valence-electron chi connectivity index (χ1n) is 4.67. The molecule has 0 aliphatic carbocycles. The van der Waals surface area contributed by atoms with Gasteiger partial charge in [-0.15, -0.1) is 11.6 Å². The number of hydrogen-bond donors (Lipinski definition) is 1. The molecule has 0 aliphatic heterocycles. The minimum absolute atomic E-state index is 0.379. The summed E-state index contributed by atoms with van der Waals surface area (Å²) in [6, 6.07) is 11.7. The van der Waals surface area contributed by atoms with Gasteiger partial charge in [0.25, 0.3) is 0 Å². The van der Waals surface area contributed by atoms with Crippen molar-refractivity contribution in [2.75, 3.05) is 5.73 Å². The molecule has 0 fully saturated rings. The number of nitrogens with zero attached hydrogens (tertiary/aromatic N) is 1. The summed E-state index contributed by atoms with van der Waals surface area (Å²) in [4.78, 5) is 4.32. The lowest BCUT2D eigenvalue weighted by Crippen LogP contribution is -1.97. The fourth-order valence-corrected chi connectivity index (χ4v) is 1.77. The molecule has 0 amide bonds. The number of aromatic nitrogens is 1. The summed E-state index contributed by atoms with van der Waals surface area (Å²) in [5.41, 5.74) is 9.34. The second-order valence-electron chi connectivity index (χ2n) is 3.23. The number of halogens is 1. The molecule has 15 heavy (non-hydrogen) atoms. The van der Waals surface area contributed by atoms with Crippen LogP contribution in [-0.2, 0) is 5.88 Å². The van der Waals surface area contributed by atoms with Gasteiger partial charge >= 0.3 is 0 Å². The van der Waals surface area contributed by atoms with Gasteiger partial charge in [-0.05, 0) is 6.07 Å². The SMILES string of the molecule is Nc1ccnc(-c2ccccc2)c1CCl. The average Bonchev–Trinajstić information content (AvgIpc) is 2.30. The molecule has 0 saturated carbocycles. The summed E-state index contributed by atoms with van der Waals surface area (Å²) in [6.07, 6.45) is 1.70. The molecule has 1 aromatic carbocycles. The third-order valence-corrected chi connectivity index (χ3v) is 2.54. The molecule has 0 spiro atoms. The minimum Gasteiger partial charge on any atom is -0.398 e. The van der Waals surface area contributed by atoms with Crippen LogP contribution in [0.1, 0.15) is 5.56 Å². The zero-order chi connectivity index (χ0) is 10.7. The summed E-state index contributed by atoms with van der Waals surface area (Å²) in [5, 5.41) is 0. The monoisotopic (exact) mass is 218 g/mol. The predicted octanol–water partition coefficient (Wildman–Crippen LogP) is 3.07. The Balaban J connectivity index is 2.58. The molecule has 0 bridgehead atoms. The molecule has 76 valence electrons. The van der Waals surface area contributed by atoms with Crippen molar-refractivity contribution < 1.29 is 0 Å². The van der Waals surface area contributed by atoms with Crippen LogP contribution in [0, 0.1) is 0 Å². The first kappa shape index (κ1) is 9.99. The van der Waals surface area contributed by atoms with E-state index in [0.29, 0.717) is 11.6 Å². The maximum atomic E-state index is 5.87. The normalized spacial score (nSPS) is 10.2. The zero-order valence-corrected chi connectivity index (χ0v) is 8.91. The molecule has 0 saturated heterocycles. The average molecular weight is 219 g/mol. The van der Waals surface area contributed by atoms with Crippen molar-refractivity contribution in [3.8, 4) is 11.3 Å². The number of hydrogen-bond acceptors (Lipinski definition) is 2. The molecule has 2 N–H and O–H groups in total. The highest BCUT2D eigenvalue weighted by Gasteiger charge is 2.07. The van der Waals surface area contributed by atoms with Crippen LogP contribution in [0.15, 0.2) is 42.6 Å². The van der Waals surface area contributed by atoms with Crippen LogP contribution in [-0.4, -0.2) is 4.98 Å². The maximum Gasteiger partial charge on any atom is 0.0766 e. The molecular weight excluding hydrogens is 208 g/mol. The van der Waals surface area contributed by atoms with E-state index >= 15 is 0 Å². The lowest BCUT2D eigenvalue weighted by atomic mass is 10.1. The predicted molar refractivity (Wildman–Crippen MR) is 63.6 cm³/mol. The van der Waals surface area contributed by atoms with Gasteiger partial charge in [0, 0.05) is 23.0 Å². The zero-order valence-electron chi connectivity index (χ0n) is 8.15. The van der Waals surface area contributed by atoms with Crippen molar-refractivity contribution in [3.63, 3.8) is 0 Å². The van der Waals surface area contributed by atoms with E-state index in [1.807, 2.05) is 30.3 Å². The fraction of sp³-hybridized carbons (Fsp3) is 0.0833. The highest BCUT2D eigenvalue weighted by Crippen LogP contribution is 2.26. The number of benzene rings is 1. The Morgan fingerprint density at radius 3 is 2.53 bits per heavy atom. The van der Waals surface area contributed by atoms with Gasteiger partial charge in [-0.3, -0.25) is 4.98 Å². The summed E-state index contributed by atoms with van der Waals surface area (Å²) >= 11 is 5.87. The van der Waals surface area contributed by atoms with Crippen LogP contribution in [0.2, 0.25) is 0 Å². The van der Waals surface area contributed by atoms with E-state index in [9.17, 15) is 0 Å². The van der Waals surface area contributed by atoms with E-state index in [1.165, 1.54) is 0 Å². The van der Waals surface area contributed by atoms with Gasteiger partial charge in [0.1, 0.15) is 0 Å². The number of nitrogen functional groups attached to an aromatic ring is 1. The van der Waals surface area contributed by atoms with Gasteiger partial charge in [-0.25, -0.2) is 0 Å². The Labute approximate surface area is 93.7 Å². The summed E-state index contributed by atoms with van der Waals surface area (Å²) in [5.74, 6) is 0.379. The first-order valence-corrected chi connectivity index (χ1v) is 5.21. The van der Waals surface area contributed by atoms with E-state index in [0.717, 1.165) is 16.8 Å². The third-order valence-electron chi connectivity index (χ3n) is 2.27. The summed E-state index contributed by atoms with van der Waals surface area (Å²) < 4.78 is 0. The molecule has 2 rings (SSSR count). The maximum absolute atomic E-state index is 5.87. The third kappa shape index (κ3) is 1.95. The molecule has 3 heteroatoms. The van der Waals surface area contributed by atoms with Crippen LogP contribution in [0.5, 0.6) is 0 Å². The van der Waals surface area contributed by atoms with Gasteiger partial charge in [-0.1, -0.05) is 30.3 Å². The van der Waals surface area contributed by atoms with Gasteiger partial charge in [-0.2, -0.15) is 0 Å². The Bertz CT molecular complexity index is 454. The van der Waals surface area contributed by atoms with Gasteiger partial charge < -0.3 is 5.73 Å². The molecule has 2 nitrogen and oxygen atoms in total. The van der Waals surface area contributed by atoms with Crippen LogP contribution in [0.25, 0.3) is 11.3 Å². The fourth-order valence-electron chi connectivity index (χ4n) is 1.49. The lowest BCUT2D eigenvalue weighted by Gasteiger charge is -2.08. The number of pyridine rings is 1. The second kappa shape index (κ2) is 4.32.